The Hall–Kier alpha value is -1.04. The van der Waals surface area contributed by atoms with Gasteiger partial charge in [0.2, 0.25) is 0 Å². The summed E-state index contributed by atoms with van der Waals surface area (Å²) in [7, 11) is 0. The number of nitrogens with zero attached hydrogens (tertiary/aromatic N) is 2. The average molecular weight is 375 g/mol. The lowest BCUT2D eigenvalue weighted by Crippen LogP contribution is -2.38. The minimum atomic E-state index is -0.0811. The molecule has 24 heavy (non-hydrogen) atoms. The zero-order valence-electron chi connectivity index (χ0n) is 14.1. The van der Waals surface area contributed by atoms with Gasteiger partial charge < -0.3 is 16.0 Å². The van der Waals surface area contributed by atoms with Crippen molar-refractivity contribution >= 4 is 36.5 Å². The van der Waals surface area contributed by atoms with Crippen LogP contribution < -0.4 is 16.0 Å². The van der Waals surface area contributed by atoms with Gasteiger partial charge >= 0.3 is 0 Å². The molecule has 5 nitrogen and oxygen atoms in total. The normalized spacial score (nSPS) is 19.0. The van der Waals surface area contributed by atoms with Crippen LogP contribution in [0, 0.1) is 11.8 Å². The maximum atomic E-state index is 12.1. The predicted molar refractivity (Wildman–Crippen MR) is 102 cm³/mol. The Morgan fingerprint density at radius 3 is 2.50 bits per heavy atom. The number of nitrogens with one attached hydrogen (secondary N) is 1. The predicted octanol–water partition coefficient (Wildman–Crippen LogP) is 2.63. The minimum absolute atomic E-state index is 0. The second-order valence-electron chi connectivity index (χ2n) is 6.79. The van der Waals surface area contributed by atoms with E-state index in [9.17, 15) is 4.79 Å². The van der Waals surface area contributed by atoms with Crippen LogP contribution in [0.5, 0.6) is 0 Å². The Kier molecular flexibility index (Phi) is 8.27. The van der Waals surface area contributed by atoms with Crippen LogP contribution >= 0.6 is 24.8 Å². The summed E-state index contributed by atoms with van der Waals surface area (Å²) in [5, 5.41) is 2.91. The summed E-state index contributed by atoms with van der Waals surface area (Å²) in [5.41, 5.74) is 6.61. The first-order valence-corrected chi connectivity index (χ1v) is 8.38. The Bertz CT molecular complexity index is 514. The zero-order valence-corrected chi connectivity index (χ0v) is 15.7. The van der Waals surface area contributed by atoms with Crippen molar-refractivity contribution in [2.24, 2.45) is 17.6 Å². The number of amides is 1. The van der Waals surface area contributed by atoms with E-state index in [0.29, 0.717) is 18.0 Å². The molecule has 3 N–H and O–H groups in total. The highest BCUT2D eigenvalue weighted by Gasteiger charge is 2.28. The maximum Gasteiger partial charge on any atom is 0.252 e. The van der Waals surface area contributed by atoms with Gasteiger partial charge in [0.25, 0.3) is 5.91 Å². The minimum Gasteiger partial charge on any atom is -0.357 e. The molecule has 1 amide bonds. The van der Waals surface area contributed by atoms with Gasteiger partial charge in [-0.1, -0.05) is 6.92 Å². The van der Waals surface area contributed by atoms with Crippen molar-refractivity contribution in [2.75, 3.05) is 24.5 Å². The van der Waals surface area contributed by atoms with Crippen LogP contribution in [0.15, 0.2) is 18.3 Å². The molecule has 136 valence electrons. The van der Waals surface area contributed by atoms with Gasteiger partial charge in [-0.3, -0.25) is 4.79 Å². The van der Waals surface area contributed by atoms with Gasteiger partial charge in [-0.05, 0) is 49.7 Å². The molecule has 0 radical (unpaired) electrons. The van der Waals surface area contributed by atoms with Crippen molar-refractivity contribution in [1.82, 2.24) is 10.3 Å². The van der Waals surface area contributed by atoms with Gasteiger partial charge in [0, 0.05) is 31.9 Å². The van der Waals surface area contributed by atoms with Gasteiger partial charge in [0.05, 0.1) is 5.56 Å². The van der Waals surface area contributed by atoms with E-state index in [1.54, 1.807) is 6.20 Å². The lowest BCUT2D eigenvalue weighted by atomic mass is 9.99. The molecular weight excluding hydrogens is 347 g/mol. The van der Waals surface area contributed by atoms with E-state index in [1.807, 2.05) is 12.1 Å². The van der Waals surface area contributed by atoms with E-state index < -0.39 is 0 Å². The smallest absolute Gasteiger partial charge is 0.252 e. The number of piperidine rings is 1. The van der Waals surface area contributed by atoms with Gasteiger partial charge in [-0.15, -0.1) is 24.8 Å². The summed E-state index contributed by atoms with van der Waals surface area (Å²) in [4.78, 5) is 18.9. The quantitative estimate of drug-likeness (QED) is 0.830. The number of rotatable bonds is 5. The van der Waals surface area contributed by atoms with Crippen LogP contribution in [0.1, 0.15) is 43.0 Å². The number of aromatic nitrogens is 1. The second kappa shape index (κ2) is 9.44. The Labute approximate surface area is 156 Å². The zero-order chi connectivity index (χ0) is 15.5. The molecule has 1 aliphatic heterocycles. The largest absolute Gasteiger partial charge is 0.357 e. The van der Waals surface area contributed by atoms with Crippen LogP contribution in [0.4, 0.5) is 5.82 Å². The number of hydrogen-bond donors (Lipinski definition) is 2. The van der Waals surface area contributed by atoms with Crippen molar-refractivity contribution in [3.63, 3.8) is 0 Å². The first-order chi connectivity index (χ1) is 10.6. The monoisotopic (exact) mass is 374 g/mol. The molecule has 7 heteroatoms. The first-order valence-electron chi connectivity index (χ1n) is 8.38. The van der Waals surface area contributed by atoms with Gasteiger partial charge in [0.1, 0.15) is 5.82 Å². The Morgan fingerprint density at radius 1 is 1.29 bits per heavy atom. The number of carbonyl (C=O) groups excluding carboxylic acids is 1. The number of anilines is 1. The molecule has 0 spiro atoms. The Morgan fingerprint density at radius 2 is 1.96 bits per heavy atom. The van der Waals surface area contributed by atoms with E-state index in [0.717, 1.165) is 24.8 Å². The number of halogens is 2. The SMILES string of the molecule is CC1CCN(c2ccc(C(=O)NCC(N)C3CC3)cn2)CC1.Cl.Cl. The number of hydrogen-bond acceptors (Lipinski definition) is 4. The van der Waals surface area contributed by atoms with Crippen molar-refractivity contribution in [2.45, 2.75) is 38.6 Å². The molecule has 1 saturated heterocycles. The van der Waals surface area contributed by atoms with E-state index in [1.165, 1.54) is 25.7 Å². The molecule has 1 atom stereocenters. The molecule has 2 aliphatic rings. The number of pyridine rings is 1. The summed E-state index contributed by atoms with van der Waals surface area (Å²) < 4.78 is 0. The maximum absolute atomic E-state index is 12.1. The Balaban J connectivity index is 0.00000144. The molecule has 2 fully saturated rings. The molecular formula is C17H28Cl2N4O. The summed E-state index contributed by atoms with van der Waals surface area (Å²) in [6, 6.07) is 3.90. The molecule has 1 unspecified atom stereocenters. The summed E-state index contributed by atoms with van der Waals surface area (Å²) in [6.07, 6.45) is 6.49. The highest BCUT2D eigenvalue weighted by atomic mass is 35.5. The van der Waals surface area contributed by atoms with E-state index in [4.69, 9.17) is 5.73 Å². The average Bonchev–Trinajstić information content (AvgIpc) is 3.38. The van der Waals surface area contributed by atoms with E-state index in [2.05, 4.69) is 22.1 Å². The lowest BCUT2D eigenvalue weighted by Gasteiger charge is -2.31. The first kappa shape index (κ1) is 21.0. The van der Waals surface area contributed by atoms with Crippen LogP contribution in [-0.4, -0.2) is 36.6 Å². The molecule has 0 bridgehead atoms. The van der Waals surface area contributed by atoms with Gasteiger partial charge in [-0.25, -0.2) is 4.98 Å². The van der Waals surface area contributed by atoms with Crippen LogP contribution in [0.3, 0.4) is 0 Å². The molecule has 1 aromatic heterocycles. The van der Waals surface area contributed by atoms with Crippen LogP contribution in [0.25, 0.3) is 0 Å². The van der Waals surface area contributed by atoms with Crippen molar-refractivity contribution in [3.8, 4) is 0 Å². The van der Waals surface area contributed by atoms with Crippen molar-refractivity contribution < 1.29 is 4.79 Å². The topological polar surface area (TPSA) is 71.2 Å². The number of nitrogens with two attached hydrogens (primary N) is 1. The third-order valence-electron chi connectivity index (χ3n) is 4.84. The standard InChI is InChI=1S/C17H26N4O.2ClH/c1-12-6-8-21(9-7-12)16-5-4-14(10-19-16)17(22)20-11-15(18)13-2-3-13;;/h4-5,10,12-13,15H,2-3,6-9,11,18H2,1H3,(H,20,22);2*1H. The molecule has 1 aliphatic carbocycles. The lowest BCUT2D eigenvalue weighted by molar-refractivity contribution is 0.0950. The number of carbonyl (C=O) groups is 1. The molecule has 1 aromatic rings. The van der Waals surface area contributed by atoms with E-state index >= 15 is 0 Å². The highest BCUT2D eigenvalue weighted by molar-refractivity contribution is 5.94. The van der Waals surface area contributed by atoms with Crippen LogP contribution in [-0.2, 0) is 0 Å². The highest BCUT2D eigenvalue weighted by Crippen LogP contribution is 2.31. The third-order valence-corrected chi connectivity index (χ3v) is 4.84. The van der Waals surface area contributed by atoms with Crippen molar-refractivity contribution in [1.29, 1.82) is 0 Å². The second-order valence-corrected chi connectivity index (χ2v) is 6.79. The van der Waals surface area contributed by atoms with Gasteiger partial charge in [0.15, 0.2) is 0 Å². The molecule has 1 saturated carbocycles. The summed E-state index contributed by atoms with van der Waals surface area (Å²) in [6.45, 7) is 4.95. The third kappa shape index (κ3) is 5.50. The van der Waals surface area contributed by atoms with Gasteiger partial charge in [-0.2, -0.15) is 0 Å². The molecule has 0 aromatic carbocycles. The van der Waals surface area contributed by atoms with Crippen molar-refractivity contribution in [3.05, 3.63) is 23.9 Å². The van der Waals surface area contributed by atoms with E-state index in [-0.39, 0.29) is 36.8 Å². The molecule has 2 heterocycles. The fourth-order valence-electron chi connectivity index (χ4n) is 2.95. The van der Waals surface area contributed by atoms with Crippen LogP contribution in [0.2, 0.25) is 0 Å². The summed E-state index contributed by atoms with van der Waals surface area (Å²) >= 11 is 0. The fourth-order valence-corrected chi connectivity index (χ4v) is 2.95. The molecule has 3 rings (SSSR count). The summed E-state index contributed by atoms with van der Waals surface area (Å²) in [5.74, 6) is 2.29. The fraction of sp³-hybridized carbons (Fsp3) is 0.647.